The minimum Gasteiger partial charge on any atom is -0.465 e. The number of carbonyl (C=O) groups excluding carboxylic acids is 1. The summed E-state index contributed by atoms with van der Waals surface area (Å²) >= 11 is 0. The number of rotatable bonds is 1. The van der Waals surface area contributed by atoms with Crippen molar-refractivity contribution in [1.82, 2.24) is 0 Å². The van der Waals surface area contributed by atoms with Crippen molar-refractivity contribution in [2.45, 2.75) is 18.8 Å². The van der Waals surface area contributed by atoms with Crippen LogP contribution in [-0.4, -0.2) is 12.6 Å². The van der Waals surface area contributed by atoms with E-state index in [-0.39, 0.29) is 5.97 Å². The molecule has 0 radical (unpaired) electrons. The molecule has 68 valence electrons. The zero-order valence-corrected chi connectivity index (χ0v) is 7.40. The van der Waals surface area contributed by atoms with Crippen LogP contribution < -0.4 is 0 Å². The molecule has 1 heterocycles. The number of esters is 1. The molecule has 0 unspecified atom stereocenters. The molecule has 2 heteroatoms. The molecule has 1 fully saturated rings. The van der Waals surface area contributed by atoms with Gasteiger partial charge in [0.15, 0.2) is 0 Å². The van der Waals surface area contributed by atoms with Gasteiger partial charge in [0.05, 0.1) is 6.61 Å². The van der Waals surface area contributed by atoms with Gasteiger partial charge in [-0.05, 0) is 12.0 Å². The number of hydrogen-bond acceptors (Lipinski definition) is 2. The summed E-state index contributed by atoms with van der Waals surface area (Å²) in [5.74, 6) is 0.339. The summed E-state index contributed by atoms with van der Waals surface area (Å²) in [6.07, 6.45) is 1.47. The van der Waals surface area contributed by atoms with E-state index >= 15 is 0 Å². The normalized spacial score (nSPS) is 22.5. The largest absolute Gasteiger partial charge is 0.465 e. The van der Waals surface area contributed by atoms with Gasteiger partial charge in [0.2, 0.25) is 0 Å². The van der Waals surface area contributed by atoms with Crippen LogP contribution in [0.1, 0.15) is 24.3 Å². The molecule has 1 atom stereocenters. The van der Waals surface area contributed by atoms with Crippen LogP contribution in [0, 0.1) is 0 Å². The molecule has 0 aromatic heterocycles. The average molecular weight is 176 g/mol. The van der Waals surface area contributed by atoms with Crippen LogP contribution in [0.5, 0.6) is 0 Å². The summed E-state index contributed by atoms with van der Waals surface area (Å²) in [5.41, 5.74) is 1.27. The van der Waals surface area contributed by atoms with Gasteiger partial charge < -0.3 is 4.74 Å². The predicted octanol–water partition coefficient (Wildman–Crippen LogP) is 2.11. The van der Waals surface area contributed by atoms with E-state index in [0.717, 1.165) is 6.42 Å². The lowest BCUT2D eigenvalue weighted by Crippen LogP contribution is -2.19. The lowest BCUT2D eigenvalue weighted by molar-refractivity contribution is -0.147. The third-order valence-corrected chi connectivity index (χ3v) is 2.41. The van der Waals surface area contributed by atoms with E-state index in [1.54, 1.807) is 0 Å². The molecule has 1 aromatic carbocycles. The fraction of sp³-hybridized carbons (Fsp3) is 0.364. The fourth-order valence-electron chi connectivity index (χ4n) is 1.63. The van der Waals surface area contributed by atoms with Gasteiger partial charge >= 0.3 is 5.97 Å². The number of carbonyl (C=O) groups is 1. The molecule has 0 aliphatic carbocycles. The van der Waals surface area contributed by atoms with Crippen LogP contribution in [0.4, 0.5) is 0 Å². The monoisotopic (exact) mass is 176 g/mol. The molecule has 1 aliphatic heterocycles. The first-order valence-corrected chi connectivity index (χ1v) is 4.57. The van der Waals surface area contributed by atoms with Crippen LogP contribution >= 0.6 is 0 Å². The minimum atomic E-state index is -0.0628. The second-order valence-electron chi connectivity index (χ2n) is 3.33. The molecule has 0 amide bonds. The topological polar surface area (TPSA) is 26.3 Å². The Kier molecular flexibility index (Phi) is 2.30. The van der Waals surface area contributed by atoms with Crippen molar-refractivity contribution in [3.05, 3.63) is 35.9 Å². The maximum Gasteiger partial charge on any atom is 0.305 e. The zero-order chi connectivity index (χ0) is 9.10. The van der Waals surface area contributed by atoms with E-state index in [9.17, 15) is 4.79 Å². The van der Waals surface area contributed by atoms with Crippen LogP contribution in [-0.2, 0) is 9.53 Å². The fourth-order valence-corrected chi connectivity index (χ4v) is 1.63. The number of benzene rings is 1. The van der Waals surface area contributed by atoms with Gasteiger partial charge in [-0.15, -0.1) is 0 Å². The van der Waals surface area contributed by atoms with Crippen molar-refractivity contribution in [1.29, 1.82) is 0 Å². The van der Waals surface area contributed by atoms with E-state index in [2.05, 4.69) is 12.1 Å². The van der Waals surface area contributed by atoms with Crippen molar-refractivity contribution in [3.8, 4) is 0 Å². The van der Waals surface area contributed by atoms with Gasteiger partial charge in [-0.1, -0.05) is 30.3 Å². The molecule has 0 bridgehead atoms. The standard InChI is InChI=1S/C11H12O2/c12-11-7-6-10(8-13-11)9-4-2-1-3-5-9/h1-5,10H,6-8H2/t10-/m1/s1. The average Bonchev–Trinajstić information content (AvgIpc) is 2.20. The van der Waals surface area contributed by atoms with Gasteiger partial charge in [0.25, 0.3) is 0 Å². The predicted molar refractivity (Wildman–Crippen MR) is 49.4 cm³/mol. The van der Waals surface area contributed by atoms with Crippen molar-refractivity contribution >= 4 is 5.97 Å². The molecule has 2 rings (SSSR count). The summed E-state index contributed by atoms with van der Waals surface area (Å²) in [6, 6.07) is 10.2. The van der Waals surface area contributed by atoms with Crippen LogP contribution in [0.15, 0.2) is 30.3 Å². The Hall–Kier alpha value is -1.31. The zero-order valence-electron chi connectivity index (χ0n) is 7.40. The Morgan fingerprint density at radius 1 is 1.23 bits per heavy atom. The van der Waals surface area contributed by atoms with Crippen molar-refractivity contribution < 1.29 is 9.53 Å². The Balaban J connectivity index is 2.07. The lowest BCUT2D eigenvalue weighted by Gasteiger charge is -2.21. The third-order valence-electron chi connectivity index (χ3n) is 2.41. The van der Waals surface area contributed by atoms with Gasteiger partial charge in [-0.25, -0.2) is 0 Å². The highest BCUT2D eigenvalue weighted by Gasteiger charge is 2.20. The molecule has 2 nitrogen and oxygen atoms in total. The van der Waals surface area contributed by atoms with Crippen LogP contribution in [0.3, 0.4) is 0 Å². The molecule has 1 saturated heterocycles. The highest BCUT2D eigenvalue weighted by atomic mass is 16.5. The van der Waals surface area contributed by atoms with Crippen molar-refractivity contribution in [2.24, 2.45) is 0 Å². The Labute approximate surface area is 77.5 Å². The van der Waals surface area contributed by atoms with Crippen LogP contribution in [0.2, 0.25) is 0 Å². The lowest BCUT2D eigenvalue weighted by atomic mass is 9.94. The van der Waals surface area contributed by atoms with E-state index in [4.69, 9.17) is 4.74 Å². The maximum atomic E-state index is 10.8. The second-order valence-corrected chi connectivity index (χ2v) is 3.33. The molecule has 1 aliphatic rings. The maximum absolute atomic E-state index is 10.8. The second kappa shape index (κ2) is 3.60. The van der Waals surface area contributed by atoms with Crippen LogP contribution in [0.25, 0.3) is 0 Å². The molecule has 0 saturated carbocycles. The van der Waals surface area contributed by atoms with Gasteiger partial charge in [-0.2, -0.15) is 0 Å². The Morgan fingerprint density at radius 3 is 2.62 bits per heavy atom. The summed E-state index contributed by atoms with van der Waals surface area (Å²) in [5, 5.41) is 0. The third kappa shape index (κ3) is 1.89. The number of ether oxygens (including phenoxy) is 1. The molecule has 1 aromatic rings. The van der Waals surface area contributed by atoms with E-state index in [1.807, 2.05) is 18.2 Å². The van der Waals surface area contributed by atoms with Crippen molar-refractivity contribution in [3.63, 3.8) is 0 Å². The minimum absolute atomic E-state index is 0.0628. The van der Waals surface area contributed by atoms with Gasteiger partial charge in [0, 0.05) is 12.3 Å². The highest BCUT2D eigenvalue weighted by molar-refractivity contribution is 5.70. The summed E-state index contributed by atoms with van der Waals surface area (Å²) < 4.78 is 5.01. The summed E-state index contributed by atoms with van der Waals surface area (Å²) in [6.45, 7) is 0.544. The summed E-state index contributed by atoms with van der Waals surface area (Å²) in [4.78, 5) is 10.8. The Morgan fingerprint density at radius 2 is 2.00 bits per heavy atom. The first kappa shape index (κ1) is 8.30. The first-order valence-electron chi connectivity index (χ1n) is 4.57. The molecular formula is C11H12O2. The SMILES string of the molecule is O=C1CC[C@@H](c2ccccc2)CO1. The molecule has 0 N–H and O–H groups in total. The number of hydrogen-bond donors (Lipinski definition) is 0. The first-order chi connectivity index (χ1) is 6.36. The van der Waals surface area contributed by atoms with Gasteiger partial charge in [-0.3, -0.25) is 4.79 Å². The number of cyclic esters (lactones) is 1. The highest BCUT2D eigenvalue weighted by Crippen LogP contribution is 2.25. The van der Waals surface area contributed by atoms with E-state index in [0.29, 0.717) is 18.9 Å². The van der Waals surface area contributed by atoms with E-state index < -0.39 is 0 Å². The molecular weight excluding hydrogens is 164 g/mol. The quantitative estimate of drug-likeness (QED) is 0.612. The summed E-state index contributed by atoms with van der Waals surface area (Å²) in [7, 11) is 0. The molecule has 13 heavy (non-hydrogen) atoms. The van der Waals surface area contributed by atoms with E-state index in [1.165, 1.54) is 5.56 Å². The van der Waals surface area contributed by atoms with Crippen molar-refractivity contribution in [2.75, 3.05) is 6.61 Å². The molecule has 0 spiro atoms. The Bertz CT molecular complexity index is 282. The smallest absolute Gasteiger partial charge is 0.305 e. The van der Waals surface area contributed by atoms with Gasteiger partial charge in [0.1, 0.15) is 0 Å².